The fourth-order valence-corrected chi connectivity index (χ4v) is 12.7. The molecule has 10 heterocycles. The second-order valence-corrected chi connectivity index (χ2v) is 25.6. The smallest absolute Gasteiger partial charge is 0.256 e. The average molecular weight is 1400 g/mol. The highest BCUT2D eigenvalue weighted by atomic mass is 19.2. The van der Waals surface area contributed by atoms with Crippen LogP contribution in [-0.2, 0) is 52.0 Å². The summed E-state index contributed by atoms with van der Waals surface area (Å²) in [5, 5.41) is 9.52. The van der Waals surface area contributed by atoms with Crippen LogP contribution in [0.1, 0.15) is 72.1 Å². The molecular weight excluding hydrogens is 1330 g/mol. The lowest BCUT2D eigenvalue weighted by atomic mass is 10.0. The van der Waals surface area contributed by atoms with Gasteiger partial charge in [-0.25, -0.2) is 65.0 Å². The number of hydrogen-bond acceptors (Lipinski definition) is 16. The molecule has 526 valence electrons. The van der Waals surface area contributed by atoms with Gasteiger partial charge in [-0.3, -0.25) is 23.0 Å². The van der Waals surface area contributed by atoms with Gasteiger partial charge in [-0.1, -0.05) is 0 Å². The number of carbonyl (C=O) groups is 1. The molecule has 15 rings (SSSR count). The van der Waals surface area contributed by atoms with Gasteiger partial charge in [-0.2, -0.15) is 0 Å². The van der Waals surface area contributed by atoms with Crippen molar-refractivity contribution in [2.45, 2.75) is 72.8 Å². The van der Waals surface area contributed by atoms with Gasteiger partial charge in [0.1, 0.15) is 80.7 Å². The van der Waals surface area contributed by atoms with E-state index in [1.807, 2.05) is 32.1 Å². The van der Waals surface area contributed by atoms with Crippen molar-refractivity contribution in [3.8, 4) is 50.6 Å². The number of carbonyl (C=O) groups excluding carboxylic acids is 1. The highest BCUT2D eigenvalue weighted by Gasteiger charge is 2.27. The van der Waals surface area contributed by atoms with Crippen LogP contribution in [0.2, 0.25) is 0 Å². The number of benzene rings is 5. The predicted molar refractivity (Wildman–Crippen MR) is 369 cm³/mol. The summed E-state index contributed by atoms with van der Waals surface area (Å²) in [6.45, 7) is 8.33. The number of amides is 1. The molecule has 12 aromatic rings. The Kier molecular flexibility index (Phi) is 19.5. The summed E-state index contributed by atoms with van der Waals surface area (Å²) < 4.78 is 139. The number of pyridine rings is 1. The second-order valence-electron chi connectivity index (χ2n) is 25.6. The molecule has 0 atom stereocenters. The maximum absolute atomic E-state index is 15.0. The molecule has 102 heavy (non-hydrogen) atoms. The Hall–Kier alpha value is -11.3. The van der Waals surface area contributed by atoms with Crippen LogP contribution in [0, 0.1) is 67.3 Å². The van der Waals surface area contributed by atoms with Crippen LogP contribution < -0.4 is 30.2 Å². The summed E-state index contributed by atoms with van der Waals surface area (Å²) in [5.41, 5.74) is 9.79. The number of nitrogens with zero attached hydrogens (tertiary/aromatic N) is 13. The number of rotatable bonds is 17. The van der Waals surface area contributed by atoms with Crippen LogP contribution in [0.4, 0.5) is 53.0 Å². The zero-order valence-corrected chi connectivity index (χ0v) is 57.1. The van der Waals surface area contributed by atoms with Gasteiger partial charge < -0.3 is 44.9 Å². The normalized spacial score (nSPS) is 12.8. The number of aryl methyl sites for hydroxylation is 3. The van der Waals surface area contributed by atoms with E-state index in [0.717, 1.165) is 40.3 Å². The first kappa shape index (κ1) is 69.2. The molecule has 3 aliphatic rings. The van der Waals surface area contributed by atoms with Gasteiger partial charge in [0.05, 0.1) is 48.2 Å². The Morgan fingerprint density at radius 3 is 1.25 bits per heavy atom. The zero-order valence-electron chi connectivity index (χ0n) is 57.1. The van der Waals surface area contributed by atoms with Crippen molar-refractivity contribution < 1.29 is 54.1 Å². The van der Waals surface area contributed by atoms with Gasteiger partial charge in [-0.15, -0.1) is 0 Å². The molecule has 20 nitrogen and oxygen atoms in total. The first-order chi connectivity index (χ1) is 49.0. The third kappa shape index (κ3) is 14.0. The SMILES string of the molecule is Cc1cn2c(NCc3c(F)ccc4c3CCO4)ncc(-c3cc(F)c(C(=O)N(C)C)cc3F)c2n1.Cc1cn2c(NCc3c(F)ccc4c3CCO4)ncc(-c3cc(F)c(CN(C)C)cc3F)c2n1.Cc1cn2c(NCc3c(F)ccc4c3CCO4)ncc(-c3cnc(CN(C)C)c(F)c3)c2n1. The summed E-state index contributed by atoms with van der Waals surface area (Å²) in [5.74, 6) is -1.24. The second kappa shape index (κ2) is 28.8. The Morgan fingerprint density at radius 2 is 0.843 bits per heavy atom. The molecule has 0 saturated heterocycles. The highest BCUT2D eigenvalue weighted by molar-refractivity contribution is 5.95. The van der Waals surface area contributed by atoms with Crippen LogP contribution in [0.3, 0.4) is 0 Å². The minimum absolute atomic E-state index is 0.0727. The summed E-state index contributed by atoms with van der Waals surface area (Å²) >= 11 is 0. The van der Waals surface area contributed by atoms with Gasteiger partial charge in [0.15, 0.2) is 0 Å². The van der Waals surface area contributed by atoms with E-state index in [-0.39, 0.29) is 77.3 Å². The Morgan fingerprint density at radius 1 is 0.441 bits per heavy atom. The molecule has 3 N–H and O–H groups in total. The number of ether oxygens (including phenoxy) is 3. The molecule has 0 unspecified atom stereocenters. The molecule has 3 aliphatic heterocycles. The number of anilines is 3. The van der Waals surface area contributed by atoms with Crippen molar-refractivity contribution in [1.29, 1.82) is 0 Å². The van der Waals surface area contributed by atoms with E-state index in [2.05, 4.69) is 50.8 Å². The van der Waals surface area contributed by atoms with E-state index in [0.29, 0.717) is 142 Å². The highest BCUT2D eigenvalue weighted by Crippen LogP contribution is 2.37. The molecule has 0 saturated carbocycles. The van der Waals surface area contributed by atoms with Crippen LogP contribution in [-0.4, -0.2) is 131 Å². The predicted octanol–water partition coefficient (Wildman–Crippen LogP) is 13.1. The van der Waals surface area contributed by atoms with Gasteiger partial charge in [0, 0.05) is 182 Å². The molecule has 0 fully saturated rings. The summed E-state index contributed by atoms with van der Waals surface area (Å²) in [4.78, 5) is 48.2. The van der Waals surface area contributed by atoms with Gasteiger partial charge >= 0.3 is 0 Å². The Labute approximate surface area is 580 Å². The fourth-order valence-electron chi connectivity index (χ4n) is 12.7. The lowest BCUT2D eigenvalue weighted by Crippen LogP contribution is -2.23. The number of nitrogens with one attached hydrogen (secondary N) is 3. The Balaban J connectivity index is 0.000000137. The molecular formula is C74H70F8N16O4. The quantitative estimate of drug-likeness (QED) is 0.0728. The molecule has 7 aromatic heterocycles. The maximum atomic E-state index is 15.0. The van der Waals surface area contributed by atoms with E-state index < -0.39 is 29.2 Å². The van der Waals surface area contributed by atoms with Crippen molar-refractivity contribution in [3.63, 3.8) is 0 Å². The third-order valence-corrected chi connectivity index (χ3v) is 17.5. The summed E-state index contributed by atoms with van der Waals surface area (Å²) in [6.07, 6.45) is 13.3. The lowest BCUT2D eigenvalue weighted by molar-refractivity contribution is 0.0822. The van der Waals surface area contributed by atoms with E-state index in [1.165, 1.54) is 67.8 Å². The van der Waals surface area contributed by atoms with Crippen molar-refractivity contribution >= 4 is 40.7 Å². The molecule has 0 aliphatic carbocycles. The maximum Gasteiger partial charge on any atom is 0.256 e. The number of halogens is 8. The van der Waals surface area contributed by atoms with Crippen molar-refractivity contribution in [2.75, 3.05) is 78.1 Å². The van der Waals surface area contributed by atoms with E-state index in [1.54, 1.807) is 89.0 Å². The standard InChI is InChI=1S/C25H22F3N5O2.C25H24F3N5O.C24H24F2N6O/c1-13-12-33-23(31-13)18(15-8-21(28)16(9-20(15)27)24(34)32(2)3)11-30-25(33)29-10-17-14-6-7-35-22(14)5-4-19(17)26;1-14-12-33-24(31-14)19(17-9-21(27)15(8-22(17)28)13-32(2)3)11-30-25(33)29-10-18-16-6-7-34-23(16)5-4-20(18)26;1-14-12-32-23(30-14)17(15-8-20(26)21(27-9-15)13-31(2)3)10-28-24(32)29-11-18-16-6-7-33-22(16)5-4-19(18)25/h4-5,8-9,11-12H,6-7,10H2,1-3H3,(H,29,30);4-5,8-9,11-12H,6-7,10,13H2,1-3H3,(H,29,30);4-5,8-10,12H,6-7,11,13H2,1-3H3,(H,28,29). The third-order valence-electron chi connectivity index (χ3n) is 17.5. The lowest BCUT2D eigenvalue weighted by Gasteiger charge is -2.14. The molecule has 5 aromatic carbocycles. The van der Waals surface area contributed by atoms with E-state index in [4.69, 9.17) is 14.2 Å². The molecule has 0 radical (unpaired) electrons. The molecule has 28 heteroatoms. The molecule has 1 amide bonds. The number of imidazole rings is 3. The van der Waals surface area contributed by atoms with Crippen molar-refractivity contribution in [2.24, 2.45) is 0 Å². The largest absolute Gasteiger partial charge is 0.493 e. The van der Waals surface area contributed by atoms with Crippen molar-refractivity contribution in [3.05, 3.63) is 224 Å². The van der Waals surface area contributed by atoms with Crippen LogP contribution >= 0.6 is 0 Å². The topological polar surface area (TPSA) is 194 Å². The van der Waals surface area contributed by atoms with Gasteiger partial charge in [0.2, 0.25) is 17.8 Å². The van der Waals surface area contributed by atoms with E-state index >= 15 is 8.78 Å². The average Bonchev–Trinajstić information content (AvgIpc) is 1.55. The van der Waals surface area contributed by atoms with Gasteiger partial charge in [0.25, 0.3) is 5.91 Å². The van der Waals surface area contributed by atoms with Crippen LogP contribution in [0.25, 0.3) is 50.3 Å². The number of hydrogen-bond donors (Lipinski definition) is 3. The first-order valence-electron chi connectivity index (χ1n) is 32.6. The zero-order chi connectivity index (χ0) is 71.9. The van der Waals surface area contributed by atoms with Gasteiger partial charge in [-0.05, 0) is 116 Å². The molecule has 0 spiro atoms. The first-order valence-corrected chi connectivity index (χ1v) is 32.6. The summed E-state index contributed by atoms with van der Waals surface area (Å²) in [6, 6.07) is 14.8. The van der Waals surface area contributed by atoms with E-state index in [9.17, 15) is 31.1 Å². The monoisotopic (exact) mass is 1400 g/mol. The summed E-state index contributed by atoms with van der Waals surface area (Å²) in [7, 11) is 10.2. The number of fused-ring (bicyclic) bond motifs is 6. The van der Waals surface area contributed by atoms with Crippen LogP contribution in [0.5, 0.6) is 17.2 Å². The minimum Gasteiger partial charge on any atom is -0.493 e. The fraction of sp³-hybridized carbons (Fsp3) is 0.270. The number of aromatic nitrogens is 10. The minimum atomic E-state index is -0.848. The van der Waals surface area contributed by atoms with Crippen molar-refractivity contribution in [1.82, 2.24) is 62.8 Å². The Bertz CT molecular complexity index is 5250. The molecule has 0 bridgehead atoms. The van der Waals surface area contributed by atoms with Crippen LogP contribution in [0.15, 0.2) is 110 Å².